The molecular weight excluding hydrogens is 374 g/mol. The van der Waals surface area contributed by atoms with E-state index in [0.717, 1.165) is 6.07 Å². The van der Waals surface area contributed by atoms with Gasteiger partial charge in [-0.05, 0) is 18.2 Å². The molecule has 0 radical (unpaired) electrons. The van der Waals surface area contributed by atoms with E-state index in [1.165, 1.54) is 16.4 Å². The Morgan fingerprint density at radius 1 is 1.24 bits per heavy atom. The number of morpholine rings is 1. The number of rotatable bonds is 4. The highest BCUT2D eigenvalue weighted by Gasteiger charge is 2.32. The van der Waals surface area contributed by atoms with E-state index in [-0.39, 0.29) is 41.6 Å². The number of hydrogen-bond donors (Lipinski definition) is 0. The van der Waals surface area contributed by atoms with E-state index in [0.29, 0.717) is 13.2 Å². The van der Waals surface area contributed by atoms with Gasteiger partial charge >= 0.3 is 11.9 Å². The maximum absolute atomic E-state index is 12.7. The summed E-state index contributed by atoms with van der Waals surface area (Å²) in [6, 6.07) is 3.83. The van der Waals surface area contributed by atoms with Crippen LogP contribution in [0.25, 0.3) is 0 Å². The summed E-state index contributed by atoms with van der Waals surface area (Å²) in [5.74, 6) is -1.41. The largest absolute Gasteiger partial charge is 0.463 e. The molecule has 1 atom stereocenters. The van der Waals surface area contributed by atoms with Gasteiger partial charge in [-0.25, -0.2) is 18.0 Å². The fourth-order valence-corrected chi connectivity index (χ4v) is 4.44. The van der Waals surface area contributed by atoms with Crippen LogP contribution in [0.5, 0.6) is 0 Å². The SMILES string of the molecule is O=C(O[C@@H]1CCOC1=O)c1ccc(Cl)c(S(=O)(=O)N2CCOCC2)c1. The first-order chi connectivity index (χ1) is 11.9. The molecule has 3 rings (SSSR count). The van der Waals surface area contributed by atoms with Gasteiger partial charge in [0.25, 0.3) is 0 Å². The smallest absolute Gasteiger partial charge is 0.347 e. The van der Waals surface area contributed by atoms with Crippen molar-refractivity contribution in [1.82, 2.24) is 4.31 Å². The van der Waals surface area contributed by atoms with Crippen molar-refractivity contribution in [2.45, 2.75) is 17.4 Å². The van der Waals surface area contributed by atoms with Gasteiger partial charge in [0.15, 0.2) is 0 Å². The zero-order chi connectivity index (χ0) is 18.0. The maximum atomic E-state index is 12.7. The van der Waals surface area contributed by atoms with Gasteiger partial charge in [0.05, 0.1) is 30.4 Å². The fourth-order valence-electron chi connectivity index (χ4n) is 2.54. The monoisotopic (exact) mass is 389 g/mol. The van der Waals surface area contributed by atoms with Crippen molar-refractivity contribution < 1.29 is 32.2 Å². The summed E-state index contributed by atoms with van der Waals surface area (Å²) >= 11 is 6.03. The molecule has 2 aliphatic heterocycles. The summed E-state index contributed by atoms with van der Waals surface area (Å²) in [4.78, 5) is 23.4. The second-order valence-electron chi connectivity index (χ2n) is 5.51. The van der Waals surface area contributed by atoms with Crippen LogP contribution in [-0.2, 0) is 29.0 Å². The van der Waals surface area contributed by atoms with Crippen LogP contribution >= 0.6 is 11.6 Å². The number of carbonyl (C=O) groups is 2. The second kappa shape index (κ2) is 7.28. The highest BCUT2D eigenvalue weighted by molar-refractivity contribution is 7.89. The summed E-state index contributed by atoms with van der Waals surface area (Å²) in [5.41, 5.74) is -0.00376. The molecule has 0 aromatic heterocycles. The topological polar surface area (TPSA) is 99.2 Å². The van der Waals surface area contributed by atoms with Crippen molar-refractivity contribution >= 4 is 33.6 Å². The van der Waals surface area contributed by atoms with Crippen LogP contribution in [0.15, 0.2) is 23.1 Å². The minimum Gasteiger partial charge on any atom is -0.463 e. The first-order valence-corrected chi connectivity index (χ1v) is 9.46. The van der Waals surface area contributed by atoms with Crippen molar-refractivity contribution in [2.24, 2.45) is 0 Å². The Labute approximate surface area is 149 Å². The van der Waals surface area contributed by atoms with Crippen molar-refractivity contribution in [1.29, 1.82) is 0 Å². The maximum Gasteiger partial charge on any atom is 0.347 e. The van der Waals surface area contributed by atoms with Gasteiger partial charge < -0.3 is 14.2 Å². The average molecular weight is 390 g/mol. The number of halogens is 1. The molecule has 2 fully saturated rings. The van der Waals surface area contributed by atoms with Gasteiger partial charge in [-0.1, -0.05) is 11.6 Å². The first kappa shape index (κ1) is 18.1. The first-order valence-electron chi connectivity index (χ1n) is 7.64. The van der Waals surface area contributed by atoms with E-state index in [1.54, 1.807) is 0 Å². The summed E-state index contributed by atoms with van der Waals surface area (Å²) < 4.78 is 41.7. The fraction of sp³-hybridized carbons (Fsp3) is 0.467. The van der Waals surface area contributed by atoms with Crippen LogP contribution in [0, 0.1) is 0 Å². The van der Waals surface area contributed by atoms with Gasteiger partial charge in [0.2, 0.25) is 16.1 Å². The number of cyclic esters (lactones) is 1. The highest BCUT2D eigenvalue weighted by atomic mass is 35.5. The predicted molar refractivity (Wildman–Crippen MR) is 85.8 cm³/mol. The van der Waals surface area contributed by atoms with E-state index < -0.39 is 28.1 Å². The molecule has 0 unspecified atom stereocenters. The molecule has 0 bridgehead atoms. The van der Waals surface area contributed by atoms with Crippen LogP contribution in [-0.4, -0.2) is 63.7 Å². The third kappa shape index (κ3) is 3.79. The molecule has 8 nitrogen and oxygen atoms in total. The number of sulfonamides is 1. The molecule has 0 amide bonds. The van der Waals surface area contributed by atoms with Gasteiger partial charge in [-0.3, -0.25) is 0 Å². The highest BCUT2D eigenvalue weighted by Crippen LogP contribution is 2.27. The third-order valence-electron chi connectivity index (χ3n) is 3.89. The van der Waals surface area contributed by atoms with Crippen molar-refractivity contribution in [3.63, 3.8) is 0 Å². The van der Waals surface area contributed by atoms with E-state index in [4.69, 9.17) is 25.8 Å². The molecule has 2 heterocycles. The average Bonchev–Trinajstić information content (AvgIpc) is 3.00. The van der Waals surface area contributed by atoms with E-state index in [2.05, 4.69) is 0 Å². The van der Waals surface area contributed by atoms with Gasteiger partial charge in [-0.2, -0.15) is 4.31 Å². The van der Waals surface area contributed by atoms with Crippen LogP contribution < -0.4 is 0 Å². The molecule has 2 aliphatic rings. The van der Waals surface area contributed by atoms with Gasteiger partial charge in [0.1, 0.15) is 4.90 Å². The third-order valence-corrected chi connectivity index (χ3v) is 6.27. The predicted octanol–water partition coefficient (Wildman–Crippen LogP) is 0.833. The molecule has 0 aliphatic carbocycles. The molecular formula is C15H16ClNO7S. The molecule has 10 heteroatoms. The Kier molecular flexibility index (Phi) is 5.28. The van der Waals surface area contributed by atoms with Crippen molar-refractivity contribution in [3.8, 4) is 0 Å². The Bertz CT molecular complexity index is 789. The number of benzene rings is 1. The Balaban J connectivity index is 1.84. The molecule has 0 N–H and O–H groups in total. The zero-order valence-electron chi connectivity index (χ0n) is 13.1. The lowest BCUT2D eigenvalue weighted by molar-refractivity contribution is -0.145. The van der Waals surface area contributed by atoms with Crippen LogP contribution in [0.3, 0.4) is 0 Å². The number of nitrogens with zero attached hydrogens (tertiary/aromatic N) is 1. The van der Waals surface area contributed by atoms with E-state index in [1.807, 2.05) is 0 Å². The zero-order valence-corrected chi connectivity index (χ0v) is 14.7. The molecule has 0 spiro atoms. The normalized spacial score (nSPS) is 21.8. The van der Waals surface area contributed by atoms with E-state index >= 15 is 0 Å². The lowest BCUT2D eigenvalue weighted by atomic mass is 10.2. The quantitative estimate of drug-likeness (QED) is 0.703. The molecule has 1 aromatic carbocycles. The molecule has 136 valence electrons. The number of esters is 2. The number of ether oxygens (including phenoxy) is 3. The lowest BCUT2D eigenvalue weighted by Crippen LogP contribution is -2.40. The Morgan fingerprint density at radius 2 is 1.96 bits per heavy atom. The number of hydrogen-bond acceptors (Lipinski definition) is 7. The van der Waals surface area contributed by atoms with Crippen LogP contribution in [0.4, 0.5) is 0 Å². The molecule has 0 saturated carbocycles. The van der Waals surface area contributed by atoms with Crippen molar-refractivity contribution in [2.75, 3.05) is 32.9 Å². The second-order valence-corrected chi connectivity index (χ2v) is 7.83. The number of carbonyl (C=O) groups excluding carboxylic acids is 2. The van der Waals surface area contributed by atoms with Gasteiger partial charge in [-0.15, -0.1) is 0 Å². The Morgan fingerprint density at radius 3 is 2.60 bits per heavy atom. The van der Waals surface area contributed by atoms with Crippen molar-refractivity contribution in [3.05, 3.63) is 28.8 Å². The summed E-state index contributed by atoms with van der Waals surface area (Å²) in [5, 5.41) is 0.00307. The minimum atomic E-state index is -3.86. The summed E-state index contributed by atoms with van der Waals surface area (Å²) in [7, 11) is -3.86. The van der Waals surface area contributed by atoms with Crippen LogP contribution in [0.1, 0.15) is 16.8 Å². The summed E-state index contributed by atoms with van der Waals surface area (Å²) in [6.07, 6.45) is -0.695. The van der Waals surface area contributed by atoms with Crippen LogP contribution in [0.2, 0.25) is 5.02 Å². The lowest BCUT2D eigenvalue weighted by Gasteiger charge is -2.26. The summed E-state index contributed by atoms with van der Waals surface area (Å²) in [6.45, 7) is 1.20. The Hall–Kier alpha value is -1.68. The minimum absolute atomic E-state index is 0.00307. The van der Waals surface area contributed by atoms with E-state index in [9.17, 15) is 18.0 Å². The molecule has 2 saturated heterocycles. The molecule has 1 aromatic rings. The standard InChI is InChI=1S/C15H16ClNO7S/c16-11-2-1-10(14(18)24-12-3-6-23-15(12)19)9-13(11)25(20,21)17-4-7-22-8-5-17/h1-2,9,12H,3-8H2/t12-/m1/s1. The van der Waals surface area contributed by atoms with Gasteiger partial charge in [0, 0.05) is 19.5 Å². The molecule has 25 heavy (non-hydrogen) atoms.